The van der Waals surface area contributed by atoms with Crippen LogP contribution < -0.4 is 5.46 Å². The second kappa shape index (κ2) is 8.85. The highest BCUT2D eigenvalue weighted by molar-refractivity contribution is 6.62. The number of aromatic nitrogens is 1. The summed E-state index contributed by atoms with van der Waals surface area (Å²) in [4.78, 5) is 4.88. The third kappa shape index (κ3) is 5.17. The van der Waals surface area contributed by atoms with Crippen molar-refractivity contribution >= 4 is 12.6 Å². The lowest BCUT2D eigenvalue weighted by Crippen LogP contribution is -2.41. The highest BCUT2D eigenvalue weighted by atomic mass is 16.7. The Morgan fingerprint density at radius 1 is 0.694 bits per heavy atom. The monoisotopic (exact) mass is 483 g/mol. The molecule has 0 saturated carbocycles. The molecular weight excluding hydrogens is 441 g/mol. The Bertz CT molecular complexity index is 1210. The number of hydrogen-bond acceptors (Lipinski definition) is 3. The quantitative estimate of drug-likeness (QED) is 0.359. The van der Waals surface area contributed by atoms with E-state index >= 15 is 0 Å². The average molecular weight is 484 g/mol. The highest BCUT2D eigenvalue weighted by Crippen LogP contribution is 2.37. The summed E-state index contributed by atoms with van der Waals surface area (Å²) in [6.45, 7) is 24.2. The minimum Gasteiger partial charge on any atom is -0.399 e. The van der Waals surface area contributed by atoms with Crippen LogP contribution in [0.2, 0.25) is 0 Å². The Kier molecular flexibility index (Phi) is 6.55. The zero-order valence-corrected chi connectivity index (χ0v) is 24.0. The molecule has 1 fully saturated rings. The summed E-state index contributed by atoms with van der Waals surface area (Å²) in [7, 11) is -0.353. The summed E-state index contributed by atoms with van der Waals surface area (Å²) in [5, 5.41) is 0. The minimum atomic E-state index is -0.353. The van der Waals surface area contributed by atoms with Crippen molar-refractivity contribution in [3.05, 3.63) is 71.4 Å². The molecule has 4 heteroatoms. The van der Waals surface area contributed by atoms with Gasteiger partial charge in [0.05, 0.1) is 16.9 Å². The minimum absolute atomic E-state index is 0.0796. The van der Waals surface area contributed by atoms with Crippen LogP contribution in [0.4, 0.5) is 0 Å². The van der Waals surface area contributed by atoms with Crippen LogP contribution in [0.25, 0.3) is 22.4 Å². The van der Waals surface area contributed by atoms with Gasteiger partial charge in [-0.3, -0.25) is 4.98 Å². The van der Waals surface area contributed by atoms with E-state index in [0.717, 1.165) is 16.7 Å². The van der Waals surface area contributed by atoms with Gasteiger partial charge in [-0.2, -0.15) is 0 Å². The topological polar surface area (TPSA) is 31.4 Å². The maximum atomic E-state index is 6.21. The number of rotatable bonds is 3. The summed E-state index contributed by atoms with van der Waals surface area (Å²) in [5.74, 6) is 0. The van der Waals surface area contributed by atoms with Crippen LogP contribution in [0.1, 0.15) is 85.9 Å². The van der Waals surface area contributed by atoms with Crippen molar-refractivity contribution in [1.82, 2.24) is 4.98 Å². The Morgan fingerprint density at radius 3 is 1.64 bits per heavy atom. The van der Waals surface area contributed by atoms with E-state index in [9.17, 15) is 0 Å². The molecule has 3 nitrogen and oxygen atoms in total. The lowest BCUT2D eigenvalue weighted by molar-refractivity contribution is 0.00578. The summed E-state index contributed by atoms with van der Waals surface area (Å²) in [6, 6.07) is 17.6. The Hall–Kier alpha value is -2.43. The number of aryl methyl sites for hydroxylation is 1. The summed E-state index contributed by atoms with van der Waals surface area (Å²) in [5.41, 5.74) is 8.91. The van der Waals surface area contributed by atoms with Crippen LogP contribution in [-0.4, -0.2) is 23.3 Å². The van der Waals surface area contributed by atoms with Crippen LogP contribution in [0.3, 0.4) is 0 Å². The number of pyridine rings is 1. The first-order valence-corrected chi connectivity index (χ1v) is 13.1. The molecule has 0 amide bonds. The molecule has 0 aliphatic carbocycles. The zero-order chi connectivity index (χ0) is 26.7. The van der Waals surface area contributed by atoms with E-state index in [2.05, 4.69) is 125 Å². The van der Waals surface area contributed by atoms with Gasteiger partial charge in [0.2, 0.25) is 0 Å². The Morgan fingerprint density at radius 2 is 1.19 bits per heavy atom. The molecule has 0 spiro atoms. The van der Waals surface area contributed by atoms with Gasteiger partial charge < -0.3 is 9.31 Å². The van der Waals surface area contributed by atoms with E-state index in [0.29, 0.717) is 0 Å². The lowest BCUT2D eigenvalue weighted by atomic mass is 9.78. The summed E-state index contributed by atoms with van der Waals surface area (Å²) < 4.78 is 12.4. The molecule has 0 N–H and O–H groups in total. The van der Waals surface area contributed by atoms with Gasteiger partial charge in [0, 0.05) is 17.3 Å². The fraction of sp³-hybridized carbons (Fsp3) is 0.469. The number of nitrogens with zero attached hydrogens (tertiary/aromatic N) is 1. The van der Waals surface area contributed by atoms with Gasteiger partial charge in [0.25, 0.3) is 0 Å². The van der Waals surface area contributed by atoms with Crippen molar-refractivity contribution in [2.75, 3.05) is 0 Å². The smallest absolute Gasteiger partial charge is 0.399 e. The van der Waals surface area contributed by atoms with Gasteiger partial charge in [-0.25, -0.2) is 0 Å². The largest absolute Gasteiger partial charge is 0.494 e. The molecule has 1 aliphatic rings. The predicted octanol–water partition coefficient (Wildman–Crippen LogP) is 7.62. The van der Waals surface area contributed by atoms with Gasteiger partial charge in [0.15, 0.2) is 0 Å². The van der Waals surface area contributed by atoms with Gasteiger partial charge in [-0.15, -0.1) is 0 Å². The van der Waals surface area contributed by atoms with E-state index in [4.69, 9.17) is 14.3 Å². The molecule has 190 valence electrons. The lowest BCUT2D eigenvalue weighted by Gasteiger charge is -2.32. The maximum Gasteiger partial charge on any atom is 0.494 e. The number of hydrogen-bond donors (Lipinski definition) is 0. The van der Waals surface area contributed by atoms with E-state index in [1.807, 2.05) is 6.20 Å². The summed E-state index contributed by atoms with van der Waals surface area (Å²) >= 11 is 0. The SMILES string of the molecule is Cc1cc(-c2ccc(B3OC(C)(C)C(C)(C)O3)cc2)ncc1-c1cc(C(C)(C)C)cc(C(C)(C)C)c1. The zero-order valence-electron chi connectivity index (χ0n) is 24.0. The second-order valence-electron chi connectivity index (χ2n) is 13.4. The Balaban J connectivity index is 1.65. The molecule has 2 aromatic carbocycles. The van der Waals surface area contributed by atoms with Crippen LogP contribution in [-0.2, 0) is 20.1 Å². The van der Waals surface area contributed by atoms with Gasteiger partial charge in [-0.05, 0) is 79.2 Å². The standard InChI is InChI=1S/C32H42BNO2/c1-21-16-28(22-12-14-26(15-13-22)33-35-31(8,9)32(10,11)36-33)34-20-27(21)23-17-24(29(2,3)4)19-25(18-23)30(5,6)7/h12-20H,1-11H3. The van der Waals surface area contributed by atoms with Crippen LogP contribution in [0, 0.1) is 6.92 Å². The van der Waals surface area contributed by atoms with Crippen molar-refractivity contribution in [2.24, 2.45) is 0 Å². The number of benzene rings is 2. The molecule has 1 aliphatic heterocycles. The van der Waals surface area contributed by atoms with E-state index < -0.39 is 0 Å². The maximum absolute atomic E-state index is 6.21. The first kappa shape index (κ1) is 26.6. The van der Waals surface area contributed by atoms with E-state index in [-0.39, 0.29) is 29.2 Å². The van der Waals surface area contributed by atoms with Crippen LogP contribution in [0.5, 0.6) is 0 Å². The summed E-state index contributed by atoms with van der Waals surface area (Å²) in [6.07, 6.45) is 2.03. The van der Waals surface area contributed by atoms with Crippen molar-refractivity contribution < 1.29 is 9.31 Å². The molecule has 0 radical (unpaired) electrons. The van der Waals surface area contributed by atoms with Gasteiger partial charge in [0.1, 0.15) is 0 Å². The van der Waals surface area contributed by atoms with E-state index in [1.54, 1.807) is 0 Å². The van der Waals surface area contributed by atoms with Crippen LogP contribution >= 0.6 is 0 Å². The molecule has 1 aromatic heterocycles. The molecular formula is C32H42BNO2. The van der Waals surface area contributed by atoms with Crippen molar-refractivity contribution in [3.8, 4) is 22.4 Å². The highest BCUT2D eigenvalue weighted by Gasteiger charge is 2.51. The predicted molar refractivity (Wildman–Crippen MR) is 153 cm³/mol. The third-order valence-corrected chi connectivity index (χ3v) is 7.82. The fourth-order valence-corrected chi connectivity index (χ4v) is 4.46. The molecule has 36 heavy (non-hydrogen) atoms. The fourth-order valence-electron chi connectivity index (χ4n) is 4.46. The molecule has 3 aromatic rings. The van der Waals surface area contributed by atoms with Crippen LogP contribution in [0.15, 0.2) is 54.7 Å². The molecule has 0 unspecified atom stereocenters. The average Bonchev–Trinajstić information content (AvgIpc) is 2.99. The second-order valence-corrected chi connectivity index (χ2v) is 13.4. The molecule has 0 bridgehead atoms. The molecule has 1 saturated heterocycles. The van der Waals surface area contributed by atoms with Crippen molar-refractivity contribution in [3.63, 3.8) is 0 Å². The molecule has 4 rings (SSSR count). The van der Waals surface area contributed by atoms with Gasteiger partial charge in [-0.1, -0.05) is 84.0 Å². The van der Waals surface area contributed by atoms with E-state index in [1.165, 1.54) is 27.8 Å². The molecule has 0 atom stereocenters. The molecule has 2 heterocycles. The third-order valence-electron chi connectivity index (χ3n) is 7.82. The van der Waals surface area contributed by atoms with Crippen molar-refractivity contribution in [2.45, 2.75) is 98.2 Å². The normalized spacial score (nSPS) is 17.5. The first-order chi connectivity index (χ1) is 16.5. The Labute approximate surface area is 218 Å². The van der Waals surface area contributed by atoms with Gasteiger partial charge >= 0.3 is 7.12 Å². The first-order valence-electron chi connectivity index (χ1n) is 13.1. The van der Waals surface area contributed by atoms with Crippen molar-refractivity contribution in [1.29, 1.82) is 0 Å².